The molecule has 0 saturated carbocycles. The molecule has 1 aromatic carbocycles. The van der Waals surface area contributed by atoms with Crippen molar-refractivity contribution in [1.82, 2.24) is 5.43 Å². The van der Waals surface area contributed by atoms with Crippen molar-refractivity contribution in [3.63, 3.8) is 0 Å². The minimum atomic E-state index is -0.390. The largest absolute Gasteiger partial charge is 0.480 e. The van der Waals surface area contributed by atoms with Crippen LogP contribution in [0.3, 0.4) is 0 Å². The van der Waals surface area contributed by atoms with Crippen molar-refractivity contribution < 1.29 is 18.3 Å². The predicted molar refractivity (Wildman–Crippen MR) is 72.4 cm³/mol. The number of ether oxygens (including phenoxy) is 1. The zero-order chi connectivity index (χ0) is 14.8. The summed E-state index contributed by atoms with van der Waals surface area (Å²) in [6.07, 6.45) is 1.96. The molecule has 0 spiro atoms. The highest BCUT2D eigenvalue weighted by Gasteiger charge is 2.09. The Bertz CT molecular complexity index is 518. The van der Waals surface area contributed by atoms with E-state index in [2.05, 4.69) is 11.2 Å². The Morgan fingerprint density at radius 2 is 2.15 bits per heavy atom. The molecule has 0 aliphatic rings. The molecule has 0 aliphatic heterocycles. The van der Waals surface area contributed by atoms with Crippen molar-refractivity contribution in [3.05, 3.63) is 48.2 Å². The van der Waals surface area contributed by atoms with Crippen LogP contribution < -0.4 is 21.3 Å². The van der Waals surface area contributed by atoms with E-state index in [0.29, 0.717) is 17.9 Å². The van der Waals surface area contributed by atoms with Gasteiger partial charge >= 0.3 is 0 Å². The average Bonchev–Trinajstić information content (AvgIpc) is 2.99. The Balaban J connectivity index is 0.000000444. The van der Waals surface area contributed by atoms with Crippen LogP contribution in [0.2, 0.25) is 0 Å². The van der Waals surface area contributed by atoms with Crippen molar-refractivity contribution in [2.24, 2.45) is 5.84 Å². The summed E-state index contributed by atoms with van der Waals surface area (Å²) in [6, 6.07) is 8.28. The van der Waals surface area contributed by atoms with Gasteiger partial charge in [-0.15, -0.1) is 0 Å². The van der Waals surface area contributed by atoms with E-state index in [1.54, 1.807) is 43.0 Å². The third-order valence-corrected chi connectivity index (χ3v) is 2.24. The molecular formula is C13H16FN3O3. The summed E-state index contributed by atoms with van der Waals surface area (Å²) in [5.41, 5.74) is 2.37. The first-order chi connectivity index (χ1) is 9.72. The van der Waals surface area contributed by atoms with Crippen LogP contribution >= 0.6 is 0 Å². The number of nitrogens with two attached hydrogens (primary N) is 1. The van der Waals surface area contributed by atoms with Crippen molar-refractivity contribution in [3.8, 4) is 5.75 Å². The van der Waals surface area contributed by atoms with E-state index >= 15 is 0 Å². The number of carbonyl (C=O) groups excluding carboxylic acids is 1. The molecule has 2 aromatic rings. The van der Waals surface area contributed by atoms with Gasteiger partial charge in [-0.3, -0.25) is 10.2 Å². The molecular weight excluding hydrogens is 265 g/mol. The molecule has 1 heterocycles. The molecule has 2 rings (SSSR count). The molecule has 0 radical (unpaired) electrons. The zero-order valence-electron chi connectivity index (χ0n) is 10.9. The van der Waals surface area contributed by atoms with Gasteiger partial charge in [-0.25, -0.2) is 10.2 Å². The lowest BCUT2D eigenvalue weighted by atomic mass is 10.3. The number of benzene rings is 1. The number of hydrogen-bond acceptors (Lipinski definition) is 5. The predicted octanol–water partition coefficient (Wildman–Crippen LogP) is 1.65. The molecule has 7 heteroatoms. The normalized spacial score (nSPS) is 9.15. The maximum atomic E-state index is 13.5. The third kappa shape index (κ3) is 4.62. The van der Waals surface area contributed by atoms with Crippen molar-refractivity contribution in [1.29, 1.82) is 0 Å². The first kappa shape index (κ1) is 15.5. The minimum absolute atomic E-state index is 0.210. The molecule has 108 valence electrons. The van der Waals surface area contributed by atoms with Gasteiger partial charge in [-0.2, -0.15) is 0 Å². The number of amides is 1. The van der Waals surface area contributed by atoms with Gasteiger partial charge in [0.05, 0.1) is 12.0 Å². The first-order valence-corrected chi connectivity index (χ1v) is 5.74. The zero-order valence-corrected chi connectivity index (χ0v) is 10.9. The van der Waals surface area contributed by atoms with Gasteiger partial charge in [0.25, 0.3) is 0 Å². The smallest absolute Gasteiger partial charge is 0.221 e. The first-order valence-electron chi connectivity index (χ1n) is 5.74. The second-order valence-corrected chi connectivity index (χ2v) is 3.52. The fourth-order valence-corrected chi connectivity index (χ4v) is 1.39. The van der Waals surface area contributed by atoms with Gasteiger partial charge in [-0.05, 0) is 24.3 Å². The van der Waals surface area contributed by atoms with Crippen LogP contribution in [0.1, 0.15) is 5.76 Å². The van der Waals surface area contributed by atoms with Gasteiger partial charge < -0.3 is 14.5 Å². The second-order valence-electron chi connectivity index (χ2n) is 3.52. The number of furan rings is 1. The summed E-state index contributed by atoms with van der Waals surface area (Å²) in [5, 5.41) is 2.87. The van der Waals surface area contributed by atoms with E-state index in [9.17, 15) is 4.39 Å². The van der Waals surface area contributed by atoms with Crippen molar-refractivity contribution >= 4 is 12.1 Å². The number of para-hydroxylation sites is 1. The van der Waals surface area contributed by atoms with Gasteiger partial charge in [0.15, 0.2) is 11.6 Å². The van der Waals surface area contributed by atoms with E-state index in [1.165, 1.54) is 6.07 Å². The van der Waals surface area contributed by atoms with Crippen LogP contribution in [0.25, 0.3) is 0 Å². The van der Waals surface area contributed by atoms with E-state index in [0.717, 1.165) is 0 Å². The lowest BCUT2D eigenvalue weighted by Gasteiger charge is -2.10. The van der Waals surface area contributed by atoms with E-state index in [4.69, 9.17) is 13.9 Å². The topological polar surface area (TPSA) is 89.5 Å². The Morgan fingerprint density at radius 3 is 2.70 bits per heavy atom. The SMILES string of the molecule is CNc1cccc(F)c1OCc1ccco1.NNC=O. The Morgan fingerprint density at radius 1 is 1.40 bits per heavy atom. The maximum absolute atomic E-state index is 13.5. The molecule has 0 saturated heterocycles. The van der Waals surface area contributed by atoms with Crippen molar-refractivity contribution in [2.75, 3.05) is 12.4 Å². The molecule has 0 aliphatic carbocycles. The van der Waals surface area contributed by atoms with E-state index in [-0.39, 0.29) is 12.4 Å². The van der Waals surface area contributed by atoms with E-state index < -0.39 is 5.82 Å². The molecule has 20 heavy (non-hydrogen) atoms. The molecule has 1 amide bonds. The summed E-state index contributed by atoms with van der Waals surface area (Å²) in [5.74, 6) is 4.89. The lowest BCUT2D eigenvalue weighted by molar-refractivity contribution is -0.109. The highest BCUT2D eigenvalue weighted by molar-refractivity contribution is 5.56. The van der Waals surface area contributed by atoms with Crippen LogP contribution in [0.5, 0.6) is 5.75 Å². The Hall–Kier alpha value is -2.54. The van der Waals surface area contributed by atoms with Crippen LogP contribution in [0.15, 0.2) is 41.0 Å². The number of anilines is 1. The van der Waals surface area contributed by atoms with Gasteiger partial charge in [0.1, 0.15) is 12.4 Å². The number of rotatable bonds is 5. The minimum Gasteiger partial charge on any atom is -0.480 e. The molecule has 0 atom stereocenters. The standard InChI is InChI=1S/C12H12FNO2.CH4N2O/c1-14-11-6-2-5-10(13)12(11)16-8-9-4-3-7-15-9;2-3-1-4/h2-7,14H,8H2,1H3;1H,2H2,(H,3,4). The monoisotopic (exact) mass is 281 g/mol. The fraction of sp³-hybridized carbons (Fsp3) is 0.154. The number of hydrazine groups is 1. The fourth-order valence-electron chi connectivity index (χ4n) is 1.39. The van der Waals surface area contributed by atoms with E-state index in [1.807, 2.05) is 0 Å². The molecule has 4 N–H and O–H groups in total. The molecule has 0 bridgehead atoms. The third-order valence-electron chi connectivity index (χ3n) is 2.24. The lowest BCUT2D eigenvalue weighted by Crippen LogP contribution is -2.18. The van der Waals surface area contributed by atoms with Crippen LogP contribution in [0.4, 0.5) is 10.1 Å². The summed E-state index contributed by atoms with van der Waals surface area (Å²) in [6.45, 7) is 0.211. The maximum Gasteiger partial charge on any atom is 0.221 e. The summed E-state index contributed by atoms with van der Waals surface area (Å²) >= 11 is 0. The van der Waals surface area contributed by atoms with Gasteiger partial charge in [0, 0.05) is 7.05 Å². The average molecular weight is 281 g/mol. The number of carbonyl (C=O) groups is 1. The Kier molecular flexibility index (Phi) is 6.63. The molecule has 0 unspecified atom stereocenters. The van der Waals surface area contributed by atoms with Crippen LogP contribution in [0, 0.1) is 5.82 Å². The highest BCUT2D eigenvalue weighted by atomic mass is 19.1. The van der Waals surface area contributed by atoms with Gasteiger partial charge in [0.2, 0.25) is 6.41 Å². The number of halogens is 1. The quantitative estimate of drug-likeness (QED) is 0.335. The molecule has 0 fully saturated rings. The number of nitrogens with one attached hydrogen (secondary N) is 2. The Labute approximate surface area is 115 Å². The van der Waals surface area contributed by atoms with Gasteiger partial charge in [-0.1, -0.05) is 6.07 Å². The van der Waals surface area contributed by atoms with Crippen molar-refractivity contribution in [2.45, 2.75) is 6.61 Å². The summed E-state index contributed by atoms with van der Waals surface area (Å²) in [7, 11) is 1.72. The number of hydrogen-bond donors (Lipinski definition) is 3. The summed E-state index contributed by atoms with van der Waals surface area (Å²) in [4.78, 5) is 8.94. The summed E-state index contributed by atoms with van der Waals surface area (Å²) < 4.78 is 23.9. The molecule has 6 nitrogen and oxygen atoms in total. The van der Waals surface area contributed by atoms with Crippen LogP contribution in [-0.4, -0.2) is 13.5 Å². The molecule has 1 aromatic heterocycles. The second kappa shape index (κ2) is 8.54. The van der Waals surface area contributed by atoms with Crippen LogP contribution in [-0.2, 0) is 11.4 Å². The highest BCUT2D eigenvalue weighted by Crippen LogP contribution is 2.27.